The molecule has 2 N–H and O–H groups in total. The highest BCUT2D eigenvalue weighted by atomic mass is 32.2. The summed E-state index contributed by atoms with van der Waals surface area (Å²) in [6, 6.07) is 0. The fraction of sp³-hybridized carbons (Fsp3) is 0.762. The van der Waals surface area contributed by atoms with Gasteiger partial charge in [-0.1, -0.05) is 23.8 Å². The van der Waals surface area contributed by atoms with Crippen molar-refractivity contribution >= 4 is 16.2 Å². The van der Waals surface area contributed by atoms with E-state index in [1.54, 1.807) is 32.9 Å². The molecule has 0 aromatic carbocycles. The Kier molecular flexibility index (Phi) is 6.40. The summed E-state index contributed by atoms with van der Waals surface area (Å²) in [5, 5.41) is 12.9. The highest BCUT2D eigenvalue weighted by Crippen LogP contribution is 2.45. The molecule has 0 radical (unpaired) electrons. The Morgan fingerprint density at radius 2 is 2.00 bits per heavy atom. The minimum absolute atomic E-state index is 0.242. The Balaban J connectivity index is 1.54. The Labute approximate surface area is 178 Å². The summed E-state index contributed by atoms with van der Waals surface area (Å²) in [4.78, 5) is 12.2. The predicted octanol–water partition coefficient (Wildman–Crippen LogP) is 2.58. The number of carbonyl (C=O) groups excluding carboxylic acids is 1. The summed E-state index contributed by atoms with van der Waals surface area (Å²) in [5.41, 5.74) is -0.948. The van der Waals surface area contributed by atoms with Gasteiger partial charge in [-0.25, -0.2) is 4.79 Å². The molecular formula is C21H33NO7S. The van der Waals surface area contributed by atoms with Gasteiger partial charge >= 0.3 is 6.09 Å². The molecular weight excluding hydrogens is 410 g/mol. The van der Waals surface area contributed by atoms with Crippen molar-refractivity contribution in [2.75, 3.05) is 13.2 Å². The molecule has 2 atom stereocenters. The Morgan fingerprint density at radius 3 is 2.50 bits per heavy atom. The van der Waals surface area contributed by atoms with Crippen molar-refractivity contribution in [3.8, 4) is 0 Å². The molecule has 8 nitrogen and oxygen atoms in total. The second-order valence-corrected chi connectivity index (χ2v) is 11.5. The fourth-order valence-electron chi connectivity index (χ4n) is 4.15. The number of hydrogen-bond acceptors (Lipinski definition) is 7. The van der Waals surface area contributed by atoms with Crippen LogP contribution in [-0.4, -0.2) is 60.9 Å². The number of fused-ring (bicyclic) bond motifs is 3. The standard InChI is InChI=1S/C21H33NO7S/c1-15-5-7-16(8-6-15)30(25,26)28-13-17(23)21-11-9-20(10-12-21,14-27-21)22-18(24)29-19(2,3)4/h5-7,16-17,23H,8-14H2,1-4H3,(H,22,24). The number of aliphatic hydroxyl groups excluding tert-OH is 1. The lowest BCUT2D eigenvalue weighted by molar-refractivity contribution is -0.212. The van der Waals surface area contributed by atoms with Gasteiger partial charge in [-0.2, -0.15) is 8.42 Å². The first-order chi connectivity index (χ1) is 13.8. The van der Waals surface area contributed by atoms with Crippen LogP contribution in [0.1, 0.15) is 59.8 Å². The second-order valence-electron chi connectivity index (χ2n) is 9.64. The molecule has 2 bridgehead atoms. The quantitative estimate of drug-likeness (QED) is 0.607. The van der Waals surface area contributed by atoms with Crippen molar-refractivity contribution in [3.63, 3.8) is 0 Å². The number of carbonyl (C=O) groups is 1. The average molecular weight is 444 g/mol. The van der Waals surface area contributed by atoms with E-state index in [1.807, 2.05) is 13.0 Å². The molecule has 30 heavy (non-hydrogen) atoms. The van der Waals surface area contributed by atoms with Gasteiger partial charge < -0.3 is 19.9 Å². The van der Waals surface area contributed by atoms with Gasteiger partial charge in [0, 0.05) is 0 Å². The highest BCUT2D eigenvalue weighted by molar-refractivity contribution is 7.87. The van der Waals surface area contributed by atoms with Crippen molar-refractivity contribution in [1.82, 2.24) is 5.32 Å². The van der Waals surface area contributed by atoms with E-state index in [-0.39, 0.29) is 13.2 Å². The van der Waals surface area contributed by atoms with Gasteiger partial charge in [-0.05, 0) is 59.8 Å². The molecule has 1 amide bonds. The number of aliphatic hydroxyl groups is 1. The van der Waals surface area contributed by atoms with E-state index >= 15 is 0 Å². The topological polar surface area (TPSA) is 111 Å². The van der Waals surface area contributed by atoms with Gasteiger partial charge in [-0.3, -0.25) is 4.18 Å². The first-order valence-corrected chi connectivity index (χ1v) is 11.9. The second kappa shape index (κ2) is 8.26. The molecule has 2 aliphatic carbocycles. The number of rotatable bonds is 6. The molecule has 170 valence electrons. The third kappa shape index (κ3) is 5.25. The summed E-state index contributed by atoms with van der Waals surface area (Å²) >= 11 is 0. The summed E-state index contributed by atoms with van der Waals surface area (Å²) in [6.07, 6.45) is 6.26. The van der Waals surface area contributed by atoms with E-state index in [9.17, 15) is 18.3 Å². The maximum absolute atomic E-state index is 12.5. The fourth-order valence-corrected chi connectivity index (χ4v) is 5.25. The molecule has 2 aliphatic heterocycles. The van der Waals surface area contributed by atoms with Crippen molar-refractivity contribution < 1.29 is 32.0 Å². The van der Waals surface area contributed by atoms with Crippen LogP contribution in [0.25, 0.3) is 0 Å². The van der Waals surface area contributed by atoms with Crippen LogP contribution in [0, 0.1) is 0 Å². The van der Waals surface area contributed by atoms with E-state index in [2.05, 4.69) is 5.32 Å². The van der Waals surface area contributed by atoms with Gasteiger partial charge in [-0.15, -0.1) is 0 Å². The number of hydrogen-bond donors (Lipinski definition) is 2. The van der Waals surface area contributed by atoms with Crippen molar-refractivity contribution in [2.45, 2.75) is 87.9 Å². The monoisotopic (exact) mass is 443 g/mol. The Hall–Kier alpha value is -1.42. The molecule has 0 aromatic heterocycles. The van der Waals surface area contributed by atoms with E-state index in [4.69, 9.17) is 13.7 Å². The minimum atomic E-state index is -3.83. The summed E-state index contributed by atoms with van der Waals surface area (Å²) < 4.78 is 41.4. The first kappa shape index (κ1) is 23.2. The zero-order chi connectivity index (χ0) is 22.2. The van der Waals surface area contributed by atoms with Gasteiger partial charge in [0.05, 0.1) is 24.4 Å². The summed E-state index contributed by atoms with van der Waals surface area (Å²) in [7, 11) is -3.83. The maximum atomic E-state index is 12.5. The van der Waals surface area contributed by atoms with Crippen molar-refractivity contribution in [1.29, 1.82) is 0 Å². The van der Waals surface area contributed by atoms with Crippen LogP contribution in [0.3, 0.4) is 0 Å². The van der Waals surface area contributed by atoms with Gasteiger partial charge in [0.1, 0.15) is 17.0 Å². The highest BCUT2D eigenvalue weighted by Gasteiger charge is 2.54. The number of allylic oxidation sites excluding steroid dienone is 3. The normalized spacial score (nSPS) is 32.4. The lowest BCUT2D eigenvalue weighted by atomic mass is 9.69. The van der Waals surface area contributed by atoms with Gasteiger partial charge in [0.15, 0.2) is 0 Å². The van der Waals surface area contributed by atoms with E-state index < -0.39 is 44.3 Å². The van der Waals surface area contributed by atoms with E-state index in [1.165, 1.54) is 0 Å². The SMILES string of the molecule is CC1=CCC(S(=O)(=O)OCC(O)C23CCC(NC(=O)OC(C)(C)C)(CC2)CO3)C=C1. The van der Waals surface area contributed by atoms with E-state index in [0.29, 0.717) is 32.1 Å². The van der Waals surface area contributed by atoms with E-state index in [0.717, 1.165) is 5.57 Å². The Morgan fingerprint density at radius 1 is 1.33 bits per heavy atom. The number of alkyl carbamates (subject to hydrolysis) is 1. The zero-order valence-electron chi connectivity index (χ0n) is 18.1. The molecule has 0 aromatic rings. The number of ether oxygens (including phenoxy) is 2. The molecule has 2 heterocycles. The van der Waals surface area contributed by atoms with Crippen LogP contribution in [0.15, 0.2) is 23.8 Å². The van der Waals surface area contributed by atoms with Crippen LogP contribution in [0.2, 0.25) is 0 Å². The molecule has 9 heteroatoms. The van der Waals surface area contributed by atoms with Crippen LogP contribution in [0.4, 0.5) is 4.79 Å². The smallest absolute Gasteiger partial charge is 0.408 e. The van der Waals surface area contributed by atoms with Gasteiger partial charge in [0.25, 0.3) is 10.1 Å². The largest absolute Gasteiger partial charge is 0.444 e. The first-order valence-electron chi connectivity index (χ1n) is 10.4. The Bertz CT molecular complexity index is 800. The molecule has 4 aliphatic rings. The molecule has 4 rings (SSSR count). The zero-order valence-corrected chi connectivity index (χ0v) is 19.0. The van der Waals surface area contributed by atoms with Crippen LogP contribution in [0.5, 0.6) is 0 Å². The van der Waals surface area contributed by atoms with Crippen LogP contribution < -0.4 is 5.32 Å². The molecule has 0 spiro atoms. The average Bonchev–Trinajstić information content (AvgIpc) is 2.66. The minimum Gasteiger partial charge on any atom is -0.444 e. The van der Waals surface area contributed by atoms with Crippen LogP contribution >= 0.6 is 0 Å². The third-order valence-electron chi connectivity index (χ3n) is 6.07. The number of nitrogens with one attached hydrogen (secondary N) is 1. The third-order valence-corrected chi connectivity index (χ3v) is 7.63. The number of amides is 1. The van der Waals surface area contributed by atoms with Gasteiger partial charge in [0.2, 0.25) is 0 Å². The molecule has 1 saturated carbocycles. The summed E-state index contributed by atoms with van der Waals surface area (Å²) in [6.45, 7) is 7.22. The lowest BCUT2D eigenvalue weighted by Crippen LogP contribution is -2.66. The predicted molar refractivity (Wildman–Crippen MR) is 111 cm³/mol. The maximum Gasteiger partial charge on any atom is 0.408 e. The van der Waals surface area contributed by atoms with Crippen molar-refractivity contribution in [2.24, 2.45) is 0 Å². The lowest BCUT2D eigenvalue weighted by Gasteiger charge is -2.54. The van der Waals surface area contributed by atoms with Crippen molar-refractivity contribution in [3.05, 3.63) is 23.8 Å². The van der Waals surface area contributed by atoms with Crippen LogP contribution in [-0.2, 0) is 23.8 Å². The molecule has 3 fully saturated rings. The molecule has 2 unspecified atom stereocenters. The summed E-state index contributed by atoms with van der Waals surface area (Å²) in [5.74, 6) is 0. The molecule has 2 saturated heterocycles.